The number of nitrogens with one attached hydrogen (secondary N) is 2. The average Bonchev–Trinajstić information content (AvgIpc) is 2.26. The summed E-state index contributed by atoms with van der Waals surface area (Å²) in [6, 6.07) is 8.50. The fraction of sp³-hybridized carbons (Fsp3) is 0.562. The van der Waals surface area contributed by atoms with Crippen LogP contribution in [0.25, 0.3) is 0 Å². The summed E-state index contributed by atoms with van der Waals surface area (Å²) in [5.41, 5.74) is 1.44. The zero-order valence-electron chi connectivity index (χ0n) is 13.3. The van der Waals surface area contributed by atoms with Crippen LogP contribution >= 0.6 is 0 Å². The van der Waals surface area contributed by atoms with Gasteiger partial charge in [0.05, 0.1) is 0 Å². The minimum absolute atomic E-state index is 0.283. The molecule has 0 aromatic heterocycles. The Morgan fingerprint density at radius 1 is 1.10 bits per heavy atom. The van der Waals surface area contributed by atoms with Crippen molar-refractivity contribution in [3.05, 3.63) is 29.8 Å². The van der Waals surface area contributed by atoms with Crippen molar-refractivity contribution in [2.45, 2.75) is 59.2 Å². The Labute approximate surface area is 121 Å². The number of ether oxygens (including phenoxy) is 1. The number of amides is 1. The molecule has 1 rings (SSSR count). The fourth-order valence-corrected chi connectivity index (χ4v) is 1.87. The van der Waals surface area contributed by atoms with Gasteiger partial charge in [0.25, 0.3) is 0 Å². The lowest BCUT2D eigenvalue weighted by atomic mass is 10.1. The fourth-order valence-electron chi connectivity index (χ4n) is 1.87. The molecule has 2 N–H and O–H groups in total. The standard InChI is InChI=1S/C16H26N2O2/c1-11(2)17-12(3)13-7-9-14(10-8-13)18-15(19)20-16(4,5)6/h7-12,17H,1-6H3,(H,18,19). The summed E-state index contributed by atoms with van der Waals surface area (Å²) in [6.07, 6.45) is -0.432. The first-order valence-corrected chi connectivity index (χ1v) is 7.03. The van der Waals surface area contributed by atoms with Gasteiger partial charge in [-0.15, -0.1) is 0 Å². The smallest absolute Gasteiger partial charge is 0.412 e. The maximum absolute atomic E-state index is 11.6. The molecule has 1 unspecified atom stereocenters. The number of benzene rings is 1. The zero-order valence-corrected chi connectivity index (χ0v) is 13.3. The van der Waals surface area contributed by atoms with Crippen LogP contribution in [0.2, 0.25) is 0 Å². The third-order valence-electron chi connectivity index (χ3n) is 2.64. The van der Waals surface area contributed by atoms with Crippen LogP contribution in [0.1, 0.15) is 53.1 Å². The van der Waals surface area contributed by atoms with Gasteiger partial charge in [0.2, 0.25) is 0 Å². The molecule has 1 atom stereocenters. The highest BCUT2D eigenvalue weighted by molar-refractivity contribution is 5.84. The largest absolute Gasteiger partial charge is 0.444 e. The average molecular weight is 278 g/mol. The summed E-state index contributed by atoms with van der Waals surface area (Å²) in [5, 5.41) is 6.16. The van der Waals surface area contributed by atoms with E-state index in [1.54, 1.807) is 0 Å². The van der Waals surface area contributed by atoms with Crippen LogP contribution in [0.4, 0.5) is 10.5 Å². The molecule has 0 saturated heterocycles. The number of rotatable bonds is 4. The predicted molar refractivity (Wildman–Crippen MR) is 83.0 cm³/mol. The molecule has 0 fully saturated rings. The molecular weight excluding hydrogens is 252 g/mol. The van der Waals surface area contributed by atoms with Gasteiger partial charge in [-0.25, -0.2) is 4.79 Å². The molecule has 4 nitrogen and oxygen atoms in total. The molecule has 0 saturated carbocycles. The van der Waals surface area contributed by atoms with Crippen LogP contribution in [0.3, 0.4) is 0 Å². The lowest BCUT2D eigenvalue weighted by Crippen LogP contribution is -2.27. The van der Waals surface area contributed by atoms with Gasteiger partial charge in [-0.2, -0.15) is 0 Å². The van der Waals surface area contributed by atoms with Crippen LogP contribution in [-0.2, 0) is 4.74 Å². The maximum Gasteiger partial charge on any atom is 0.412 e. The van der Waals surface area contributed by atoms with E-state index in [2.05, 4.69) is 31.4 Å². The van der Waals surface area contributed by atoms with E-state index < -0.39 is 11.7 Å². The molecular formula is C16H26N2O2. The Bertz CT molecular complexity index is 433. The maximum atomic E-state index is 11.6. The second-order valence-electron chi connectivity index (χ2n) is 6.29. The molecule has 0 aliphatic carbocycles. The van der Waals surface area contributed by atoms with E-state index in [0.717, 1.165) is 5.69 Å². The molecule has 0 spiro atoms. The van der Waals surface area contributed by atoms with E-state index in [1.807, 2.05) is 45.0 Å². The first kappa shape index (κ1) is 16.5. The highest BCUT2D eigenvalue weighted by Crippen LogP contribution is 2.17. The van der Waals surface area contributed by atoms with Gasteiger partial charge in [-0.05, 0) is 45.4 Å². The highest BCUT2D eigenvalue weighted by Gasteiger charge is 2.16. The predicted octanol–water partition coefficient (Wildman–Crippen LogP) is 4.09. The first-order valence-electron chi connectivity index (χ1n) is 7.03. The molecule has 1 amide bonds. The Morgan fingerprint density at radius 2 is 1.65 bits per heavy atom. The monoisotopic (exact) mass is 278 g/mol. The van der Waals surface area contributed by atoms with E-state index in [0.29, 0.717) is 6.04 Å². The van der Waals surface area contributed by atoms with Crippen LogP contribution in [-0.4, -0.2) is 17.7 Å². The van der Waals surface area contributed by atoms with E-state index in [1.165, 1.54) is 5.56 Å². The van der Waals surface area contributed by atoms with Crippen LogP contribution in [0.5, 0.6) is 0 Å². The molecule has 1 aromatic carbocycles. The molecule has 0 bridgehead atoms. The van der Waals surface area contributed by atoms with Gasteiger partial charge in [0.15, 0.2) is 0 Å². The second kappa shape index (κ2) is 6.75. The van der Waals surface area contributed by atoms with Gasteiger partial charge in [0.1, 0.15) is 5.60 Å². The minimum Gasteiger partial charge on any atom is -0.444 e. The number of hydrogen-bond donors (Lipinski definition) is 2. The van der Waals surface area contributed by atoms with Gasteiger partial charge < -0.3 is 10.1 Å². The molecule has 0 aliphatic heterocycles. The Balaban J connectivity index is 2.61. The van der Waals surface area contributed by atoms with Gasteiger partial charge >= 0.3 is 6.09 Å². The minimum atomic E-state index is -0.486. The Hall–Kier alpha value is -1.55. The quantitative estimate of drug-likeness (QED) is 0.872. The molecule has 0 radical (unpaired) electrons. The number of anilines is 1. The van der Waals surface area contributed by atoms with E-state index in [-0.39, 0.29) is 6.04 Å². The summed E-state index contributed by atoms with van der Waals surface area (Å²) >= 11 is 0. The van der Waals surface area contributed by atoms with Crippen molar-refractivity contribution >= 4 is 11.8 Å². The molecule has 0 heterocycles. The third-order valence-corrected chi connectivity index (χ3v) is 2.64. The van der Waals surface area contributed by atoms with E-state index >= 15 is 0 Å². The molecule has 0 aliphatic rings. The SMILES string of the molecule is CC(C)NC(C)c1ccc(NC(=O)OC(C)(C)C)cc1. The normalized spacial score (nSPS) is 13.2. The van der Waals surface area contributed by atoms with Crippen molar-refractivity contribution in [2.24, 2.45) is 0 Å². The third kappa shape index (κ3) is 6.06. The van der Waals surface area contributed by atoms with Crippen molar-refractivity contribution in [2.75, 3.05) is 5.32 Å². The van der Waals surface area contributed by atoms with Crippen molar-refractivity contribution in [1.29, 1.82) is 0 Å². The Morgan fingerprint density at radius 3 is 2.10 bits per heavy atom. The van der Waals surface area contributed by atoms with Crippen molar-refractivity contribution in [3.8, 4) is 0 Å². The topological polar surface area (TPSA) is 50.4 Å². The molecule has 1 aromatic rings. The summed E-state index contributed by atoms with van der Waals surface area (Å²) in [4.78, 5) is 11.6. The van der Waals surface area contributed by atoms with Crippen LogP contribution in [0.15, 0.2) is 24.3 Å². The van der Waals surface area contributed by atoms with Crippen molar-refractivity contribution in [1.82, 2.24) is 5.32 Å². The summed E-state index contributed by atoms with van der Waals surface area (Å²) in [5.74, 6) is 0. The van der Waals surface area contributed by atoms with Crippen molar-refractivity contribution < 1.29 is 9.53 Å². The summed E-state index contributed by atoms with van der Waals surface area (Å²) in [7, 11) is 0. The molecule has 4 heteroatoms. The number of carbonyl (C=O) groups is 1. The highest BCUT2D eigenvalue weighted by atomic mass is 16.6. The summed E-state index contributed by atoms with van der Waals surface area (Å²) < 4.78 is 5.21. The van der Waals surface area contributed by atoms with E-state index in [9.17, 15) is 4.79 Å². The first-order chi connectivity index (χ1) is 9.17. The summed E-state index contributed by atoms with van der Waals surface area (Å²) in [6.45, 7) is 11.9. The number of carbonyl (C=O) groups excluding carboxylic acids is 1. The molecule has 20 heavy (non-hydrogen) atoms. The lowest BCUT2D eigenvalue weighted by Gasteiger charge is -2.20. The second-order valence-corrected chi connectivity index (χ2v) is 6.29. The van der Waals surface area contributed by atoms with Crippen LogP contribution in [0, 0.1) is 0 Å². The molecule has 112 valence electrons. The van der Waals surface area contributed by atoms with Gasteiger partial charge in [0, 0.05) is 17.8 Å². The Kier molecular flexibility index (Phi) is 5.57. The number of hydrogen-bond acceptors (Lipinski definition) is 3. The van der Waals surface area contributed by atoms with E-state index in [4.69, 9.17) is 4.74 Å². The van der Waals surface area contributed by atoms with Crippen LogP contribution < -0.4 is 10.6 Å². The lowest BCUT2D eigenvalue weighted by molar-refractivity contribution is 0.0636. The van der Waals surface area contributed by atoms with Gasteiger partial charge in [-0.1, -0.05) is 26.0 Å². The van der Waals surface area contributed by atoms with Gasteiger partial charge in [-0.3, -0.25) is 5.32 Å². The van der Waals surface area contributed by atoms with Crippen molar-refractivity contribution in [3.63, 3.8) is 0 Å². The zero-order chi connectivity index (χ0) is 15.3.